The number of halogens is 1. The van der Waals surface area contributed by atoms with Gasteiger partial charge in [-0.3, -0.25) is 19.3 Å². The number of anilines is 4. The number of para-hydroxylation sites is 1. The van der Waals surface area contributed by atoms with Crippen molar-refractivity contribution in [1.29, 1.82) is 0 Å². The summed E-state index contributed by atoms with van der Waals surface area (Å²) < 4.78 is 0. The zero-order chi connectivity index (χ0) is 22.1. The van der Waals surface area contributed by atoms with Crippen LogP contribution in [0, 0.1) is 0 Å². The maximum atomic E-state index is 13.3. The molecule has 0 radical (unpaired) electrons. The Morgan fingerprint density at radius 3 is 2.48 bits per heavy atom. The lowest BCUT2D eigenvalue weighted by molar-refractivity contribution is -0.114. The first-order valence-electron chi connectivity index (χ1n) is 9.43. The van der Waals surface area contributed by atoms with Crippen LogP contribution in [0.25, 0.3) is 0 Å². The second kappa shape index (κ2) is 8.16. The summed E-state index contributed by atoms with van der Waals surface area (Å²) >= 11 is 6.00. The molecule has 4 rings (SSSR count). The minimum Gasteiger partial charge on any atom is -0.327 e. The van der Waals surface area contributed by atoms with Crippen molar-refractivity contribution in [3.05, 3.63) is 71.1 Å². The minimum atomic E-state index is -0.410. The first kappa shape index (κ1) is 20.5. The number of Topliss-reactive ketones (excluding diaryl/α,β-unsaturated/α-hetero) is 1. The van der Waals surface area contributed by atoms with E-state index in [1.165, 1.54) is 18.0 Å². The highest BCUT2D eigenvalue weighted by molar-refractivity contribution is 6.28. The van der Waals surface area contributed by atoms with E-state index < -0.39 is 5.91 Å². The molecule has 1 N–H and O–H groups in total. The van der Waals surface area contributed by atoms with Crippen molar-refractivity contribution >= 4 is 52.1 Å². The highest BCUT2D eigenvalue weighted by Crippen LogP contribution is 2.38. The van der Waals surface area contributed by atoms with E-state index in [1.807, 2.05) is 6.07 Å². The fourth-order valence-electron chi connectivity index (χ4n) is 3.39. The Morgan fingerprint density at radius 1 is 1.06 bits per heavy atom. The van der Waals surface area contributed by atoms with Gasteiger partial charge in [0.1, 0.15) is 12.2 Å². The van der Waals surface area contributed by atoms with E-state index >= 15 is 0 Å². The van der Waals surface area contributed by atoms with E-state index in [9.17, 15) is 14.4 Å². The molecule has 2 aromatic carbocycles. The van der Waals surface area contributed by atoms with Crippen molar-refractivity contribution < 1.29 is 14.4 Å². The van der Waals surface area contributed by atoms with Crippen LogP contribution in [0.3, 0.4) is 0 Å². The molecule has 2 amide bonds. The van der Waals surface area contributed by atoms with Gasteiger partial charge in [-0.25, -0.2) is 4.98 Å². The summed E-state index contributed by atoms with van der Waals surface area (Å²) in [4.78, 5) is 48.9. The van der Waals surface area contributed by atoms with Gasteiger partial charge in [0, 0.05) is 18.3 Å². The highest BCUT2D eigenvalue weighted by atomic mass is 35.5. The molecule has 8 nitrogen and oxygen atoms in total. The van der Waals surface area contributed by atoms with Gasteiger partial charge in [0.2, 0.25) is 11.2 Å². The SMILES string of the molecule is CC(=O)c1ccc(NC(=O)CN2C(=O)c3ccccc3N(C)c3nc(Cl)ncc32)cc1. The van der Waals surface area contributed by atoms with Crippen molar-refractivity contribution in [3.63, 3.8) is 0 Å². The number of ketones is 1. The number of hydrogen-bond acceptors (Lipinski definition) is 6. The van der Waals surface area contributed by atoms with E-state index in [2.05, 4.69) is 15.3 Å². The van der Waals surface area contributed by atoms with Gasteiger partial charge in [0.25, 0.3) is 5.91 Å². The van der Waals surface area contributed by atoms with Crippen LogP contribution in [-0.2, 0) is 4.79 Å². The lowest BCUT2D eigenvalue weighted by Crippen LogP contribution is -2.38. The summed E-state index contributed by atoms with van der Waals surface area (Å²) in [6, 6.07) is 13.6. The van der Waals surface area contributed by atoms with E-state index in [1.54, 1.807) is 54.4 Å². The fourth-order valence-corrected chi connectivity index (χ4v) is 3.52. The number of fused-ring (bicyclic) bond motifs is 2. The van der Waals surface area contributed by atoms with Crippen LogP contribution in [0.1, 0.15) is 27.6 Å². The zero-order valence-corrected chi connectivity index (χ0v) is 17.6. The van der Waals surface area contributed by atoms with Crippen molar-refractivity contribution in [2.75, 3.05) is 28.7 Å². The molecule has 2 heterocycles. The molecule has 0 fully saturated rings. The number of aromatic nitrogens is 2. The summed E-state index contributed by atoms with van der Waals surface area (Å²) in [5.74, 6) is -0.413. The minimum absolute atomic E-state index is 0.0346. The number of rotatable bonds is 4. The molecule has 1 aliphatic heterocycles. The van der Waals surface area contributed by atoms with Gasteiger partial charge < -0.3 is 10.2 Å². The van der Waals surface area contributed by atoms with Crippen LogP contribution < -0.4 is 15.1 Å². The summed E-state index contributed by atoms with van der Waals surface area (Å²) in [7, 11) is 1.77. The van der Waals surface area contributed by atoms with Gasteiger partial charge in [-0.2, -0.15) is 4.98 Å². The summed E-state index contributed by atoms with van der Waals surface area (Å²) in [5.41, 5.74) is 2.50. The summed E-state index contributed by atoms with van der Waals surface area (Å²) in [6.45, 7) is 1.21. The molecule has 31 heavy (non-hydrogen) atoms. The standard InChI is InChI=1S/C22H18ClN5O3/c1-13(29)14-7-9-15(10-8-14)25-19(30)12-28-18-11-24-22(23)26-20(18)27(2)17-6-4-3-5-16(17)21(28)31/h3-11H,12H2,1-2H3,(H,25,30). The monoisotopic (exact) mass is 435 g/mol. The maximum absolute atomic E-state index is 13.3. The van der Waals surface area contributed by atoms with Gasteiger partial charge >= 0.3 is 0 Å². The fraction of sp³-hybridized carbons (Fsp3) is 0.136. The largest absolute Gasteiger partial charge is 0.327 e. The van der Waals surface area contributed by atoms with Crippen LogP contribution in [0.4, 0.5) is 22.9 Å². The van der Waals surface area contributed by atoms with E-state index in [0.717, 1.165) is 0 Å². The third-order valence-corrected chi connectivity index (χ3v) is 5.13. The van der Waals surface area contributed by atoms with Crippen molar-refractivity contribution in [2.24, 2.45) is 0 Å². The van der Waals surface area contributed by atoms with Crippen LogP contribution in [-0.4, -0.2) is 41.2 Å². The third kappa shape index (κ3) is 3.97. The molecular weight excluding hydrogens is 418 g/mol. The molecule has 0 saturated heterocycles. The lowest BCUT2D eigenvalue weighted by atomic mass is 10.1. The highest BCUT2D eigenvalue weighted by Gasteiger charge is 2.32. The van der Waals surface area contributed by atoms with Gasteiger partial charge in [-0.15, -0.1) is 0 Å². The second-order valence-electron chi connectivity index (χ2n) is 7.00. The molecule has 0 aliphatic carbocycles. The predicted molar refractivity (Wildman–Crippen MR) is 118 cm³/mol. The Kier molecular flexibility index (Phi) is 5.39. The maximum Gasteiger partial charge on any atom is 0.261 e. The zero-order valence-electron chi connectivity index (χ0n) is 16.8. The molecule has 0 saturated carbocycles. The van der Waals surface area contributed by atoms with Crippen LogP contribution in [0.5, 0.6) is 0 Å². The molecular formula is C22H18ClN5O3. The van der Waals surface area contributed by atoms with Gasteiger partial charge in [0.15, 0.2) is 11.6 Å². The Bertz CT molecular complexity index is 1200. The Morgan fingerprint density at radius 2 is 1.77 bits per heavy atom. The number of amides is 2. The predicted octanol–water partition coefficient (Wildman–Crippen LogP) is 3.70. The topological polar surface area (TPSA) is 95.5 Å². The smallest absolute Gasteiger partial charge is 0.261 e. The average Bonchev–Trinajstić information content (AvgIpc) is 2.84. The summed E-state index contributed by atoms with van der Waals surface area (Å²) in [6.07, 6.45) is 1.43. The molecule has 3 aromatic rings. The molecule has 0 atom stereocenters. The first-order chi connectivity index (χ1) is 14.8. The Labute approximate surface area is 183 Å². The van der Waals surface area contributed by atoms with E-state index in [0.29, 0.717) is 34.0 Å². The lowest BCUT2D eigenvalue weighted by Gasteiger charge is -2.22. The van der Waals surface area contributed by atoms with Crippen molar-refractivity contribution in [2.45, 2.75) is 6.92 Å². The van der Waals surface area contributed by atoms with Crippen LogP contribution in [0.2, 0.25) is 5.28 Å². The van der Waals surface area contributed by atoms with Gasteiger partial charge in [0.05, 0.1) is 17.4 Å². The molecule has 9 heteroatoms. The van der Waals surface area contributed by atoms with Crippen LogP contribution >= 0.6 is 11.6 Å². The number of hydrogen-bond donors (Lipinski definition) is 1. The van der Waals surface area contributed by atoms with Crippen molar-refractivity contribution in [1.82, 2.24) is 9.97 Å². The van der Waals surface area contributed by atoms with E-state index in [-0.39, 0.29) is 23.5 Å². The molecule has 1 aliphatic rings. The number of carbonyl (C=O) groups excluding carboxylic acids is 3. The molecule has 0 bridgehead atoms. The Hall–Kier alpha value is -3.78. The summed E-state index contributed by atoms with van der Waals surface area (Å²) in [5, 5.41) is 2.78. The number of nitrogens with one attached hydrogen (secondary N) is 1. The second-order valence-corrected chi connectivity index (χ2v) is 7.34. The quantitative estimate of drug-likeness (QED) is 0.496. The molecule has 0 spiro atoms. The first-order valence-corrected chi connectivity index (χ1v) is 9.81. The molecule has 156 valence electrons. The molecule has 0 unspecified atom stereocenters. The number of carbonyl (C=O) groups is 3. The number of nitrogens with zero attached hydrogens (tertiary/aromatic N) is 4. The van der Waals surface area contributed by atoms with Crippen LogP contribution in [0.15, 0.2) is 54.7 Å². The number of benzene rings is 2. The molecule has 1 aromatic heterocycles. The average molecular weight is 436 g/mol. The third-order valence-electron chi connectivity index (χ3n) is 4.95. The normalized spacial score (nSPS) is 12.7. The Balaban J connectivity index is 1.66. The van der Waals surface area contributed by atoms with Crippen molar-refractivity contribution in [3.8, 4) is 0 Å². The van der Waals surface area contributed by atoms with Gasteiger partial charge in [-0.05, 0) is 54.9 Å². The van der Waals surface area contributed by atoms with E-state index in [4.69, 9.17) is 11.6 Å². The van der Waals surface area contributed by atoms with Gasteiger partial charge in [-0.1, -0.05) is 12.1 Å².